The zero-order valence-electron chi connectivity index (χ0n) is 11.0. The normalized spacial score (nSPS) is 17.5. The number of halogens is 2. The van der Waals surface area contributed by atoms with Gasteiger partial charge in [0.2, 0.25) is 0 Å². The van der Waals surface area contributed by atoms with Crippen molar-refractivity contribution in [1.82, 2.24) is 0 Å². The first-order valence-corrected chi connectivity index (χ1v) is 8.12. The molecular weight excluding hydrogens is 310 g/mol. The summed E-state index contributed by atoms with van der Waals surface area (Å²) in [5.74, 6) is 0.575. The summed E-state index contributed by atoms with van der Waals surface area (Å²) in [6.45, 7) is 0. The molecule has 1 fully saturated rings. The van der Waals surface area contributed by atoms with E-state index in [9.17, 15) is 0 Å². The lowest BCUT2D eigenvalue weighted by molar-refractivity contribution is 0.552. The molecule has 0 heterocycles. The van der Waals surface area contributed by atoms with Crippen LogP contribution in [-0.2, 0) is 5.88 Å². The summed E-state index contributed by atoms with van der Waals surface area (Å²) < 4.78 is 1.16. The van der Waals surface area contributed by atoms with Gasteiger partial charge >= 0.3 is 0 Å². The molecule has 0 atom stereocenters. The number of nitrogens with zero attached hydrogens (tertiary/aromatic N) is 1. The molecule has 18 heavy (non-hydrogen) atoms. The maximum atomic E-state index is 5.87. The molecule has 0 bridgehead atoms. The molecule has 0 unspecified atom stereocenters. The Balaban J connectivity index is 2.14. The minimum atomic E-state index is 0.575. The minimum absolute atomic E-state index is 0.575. The lowest BCUT2D eigenvalue weighted by atomic mass is 10.1. The molecule has 0 spiro atoms. The van der Waals surface area contributed by atoms with Crippen LogP contribution >= 0.6 is 27.5 Å². The Morgan fingerprint density at radius 3 is 2.44 bits per heavy atom. The van der Waals surface area contributed by atoms with Crippen LogP contribution in [-0.4, -0.2) is 13.1 Å². The van der Waals surface area contributed by atoms with E-state index in [-0.39, 0.29) is 0 Å². The fourth-order valence-corrected chi connectivity index (χ4v) is 3.63. The molecule has 1 aliphatic rings. The van der Waals surface area contributed by atoms with Crippen molar-refractivity contribution in [3.63, 3.8) is 0 Å². The lowest BCUT2D eigenvalue weighted by Crippen LogP contribution is -2.31. The zero-order chi connectivity index (χ0) is 13.0. The standard InChI is InChI=1S/C15H21BrClN/c1-18(13-6-4-2-3-5-7-13)15-9-8-12(11-17)10-14(15)16/h8-10,13H,2-7,11H2,1H3. The van der Waals surface area contributed by atoms with Crippen LogP contribution in [0.2, 0.25) is 0 Å². The second kappa shape index (κ2) is 6.81. The Morgan fingerprint density at radius 1 is 1.22 bits per heavy atom. The summed E-state index contributed by atoms with van der Waals surface area (Å²) in [7, 11) is 2.22. The Bertz CT molecular complexity index is 386. The average molecular weight is 331 g/mol. The van der Waals surface area contributed by atoms with Crippen LogP contribution in [0.15, 0.2) is 22.7 Å². The molecule has 0 saturated heterocycles. The number of hydrogen-bond acceptors (Lipinski definition) is 1. The number of anilines is 1. The topological polar surface area (TPSA) is 3.24 Å². The molecule has 1 aromatic carbocycles. The number of alkyl halides is 1. The third-order valence-electron chi connectivity index (χ3n) is 3.92. The van der Waals surface area contributed by atoms with E-state index in [0.29, 0.717) is 11.9 Å². The Labute approximate surface area is 124 Å². The van der Waals surface area contributed by atoms with Crippen molar-refractivity contribution in [2.24, 2.45) is 0 Å². The third kappa shape index (κ3) is 3.42. The van der Waals surface area contributed by atoms with Crippen LogP contribution in [0.1, 0.15) is 44.1 Å². The predicted octanol–water partition coefficient (Wildman–Crippen LogP) is 5.35. The molecule has 3 heteroatoms. The summed E-state index contributed by atoms with van der Waals surface area (Å²) >= 11 is 9.54. The van der Waals surface area contributed by atoms with Gasteiger partial charge in [-0.05, 0) is 46.5 Å². The molecular formula is C15H21BrClN. The second-order valence-electron chi connectivity index (χ2n) is 5.18. The molecule has 0 radical (unpaired) electrons. The first-order valence-electron chi connectivity index (χ1n) is 6.79. The monoisotopic (exact) mass is 329 g/mol. The lowest BCUT2D eigenvalue weighted by Gasteiger charge is -2.30. The van der Waals surface area contributed by atoms with E-state index < -0.39 is 0 Å². The van der Waals surface area contributed by atoms with Crippen molar-refractivity contribution in [3.05, 3.63) is 28.2 Å². The second-order valence-corrected chi connectivity index (χ2v) is 6.30. The molecule has 1 aliphatic carbocycles. The molecule has 1 aromatic rings. The van der Waals surface area contributed by atoms with E-state index in [1.807, 2.05) is 0 Å². The highest BCUT2D eigenvalue weighted by Gasteiger charge is 2.18. The number of benzene rings is 1. The summed E-state index contributed by atoms with van der Waals surface area (Å²) in [4.78, 5) is 2.44. The maximum Gasteiger partial charge on any atom is 0.0510 e. The highest BCUT2D eigenvalue weighted by molar-refractivity contribution is 9.10. The van der Waals surface area contributed by atoms with E-state index in [2.05, 4.69) is 46.1 Å². The largest absolute Gasteiger partial charge is 0.371 e. The molecule has 0 aromatic heterocycles. The average Bonchev–Trinajstić information content (AvgIpc) is 2.66. The molecule has 2 rings (SSSR count). The van der Waals surface area contributed by atoms with Crippen molar-refractivity contribution < 1.29 is 0 Å². The van der Waals surface area contributed by atoms with Gasteiger partial charge in [0.1, 0.15) is 0 Å². The molecule has 1 saturated carbocycles. The predicted molar refractivity (Wildman–Crippen MR) is 83.6 cm³/mol. The summed E-state index contributed by atoms with van der Waals surface area (Å²) in [6, 6.07) is 7.13. The van der Waals surface area contributed by atoms with Crippen molar-refractivity contribution in [1.29, 1.82) is 0 Å². The van der Waals surface area contributed by atoms with Crippen LogP contribution in [0.3, 0.4) is 0 Å². The third-order valence-corrected chi connectivity index (χ3v) is 4.86. The van der Waals surface area contributed by atoms with E-state index in [1.54, 1.807) is 0 Å². The van der Waals surface area contributed by atoms with Crippen molar-refractivity contribution in [2.45, 2.75) is 50.4 Å². The summed E-state index contributed by atoms with van der Waals surface area (Å²) in [5.41, 5.74) is 2.46. The first kappa shape index (κ1) is 14.2. The minimum Gasteiger partial charge on any atom is -0.371 e. The number of rotatable bonds is 3. The Morgan fingerprint density at radius 2 is 1.89 bits per heavy atom. The van der Waals surface area contributed by atoms with Gasteiger partial charge in [-0.25, -0.2) is 0 Å². The van der Waals surface area contributed by atoms with Gasteiger partial charge in [-0.2, -0.15) is 0 Å². The van der Waals surface area contributed by atoms with E-state index in [4.69, 9.17) is 11.6 Å². The fraction of sp³-hybridized carbons (Fsp3) is 0.600. The van der Waals surface area contributed by atoms with Gasteiger partial charge in [-0.3, -0.25) is 0 Å². The van der Waals surface area contributed by atoms with Gasteiger partial charge in [0.05, 0.1) is 5.69 Å². The summed E-state index contributed by atoms with van der Waals surface area (Å²) in [6.07, 6.45) is 8.17. The highest BCUT2D eigenvalue weighted by Crippen LogP contribution is 2.31. The van der Waals surface area contributed by atoms with Gasteiger partial charge in [0.15, 0.2) is 0 Å². The molecule has 0 N–H and O–H groups in total. The molecule has 0 amide bonds. The van der Waals surface area contributed by atoms with Gasteiger partial charge in [0.25, 0.3) is 0 Å². The Kier molecular flexibility index (Phi) is 5.38. The van der Waals surface area contributed by atoms with Crippen LogP contribution in [0.25, 0.3) is 0 Å². The van der Waals surface area contributed by atoms with Crippen LogP contribution < -0.4 is 4.90 Å². The number of hydrogen-bond donors (Lipinski definition) is 0. The molecule has 1 nitrogen and oxygen atoms in total. The molecule has 100 valence electrons. The van der Waals surface area contributed by atoms with Crippen LogP contribution in [0.5, 0.6) is 0 Å². The maximum absolute atomic E-state index is 5.87. The summed E-state index contributed by atoms with van der Waals surface area (Å²) in [5, 5.41) is 0. The van der Waals surface area contributed by atoms with Crippen molar-refractivity contribution in [3.8, 4) is 0 Å². The van der Waals surface area contributed by atoms with Gasteiger partial charge in [-0.1, -0.05) is 31.7 Å². The Hall–Kier alpha value is -0.210. The highest BCUT2D eigenvalue weighted by atomic mass is 79.9. The van der Waals surface area contributed by atoms with Crippen molar-refractivity contribution in [2.75, 3.05) is 11.9 Å². The van der Waals surface area contributed by atoms with Gasteiger partial charge in [0, 0.05) is 23.4 Å². The quantitative estimate of drug-likeness (QED) is 0.533. The van der Waals surface area contributed by atoms with E-state index in [1.165, 1.54) is 49.8 Å². The van der Waals surface area contributed by atoms with Crippen LogP contribution in [0, 0.1) is 0 Å². The smallest absolute Gasteiger partial charge is 0.0510 e. The fourth-order valence-electron chi connectivity index (χ4n) is 2.76. The first-order chi connectivity index (χ1) is 8.72. The zero-order valence-corrected chi connectivity index (χ0v) is 13.3. The van der Waals surface area contributed by atoms with Gasteiger partial charge < -0.3 is 4.90 Å². The van der Waals surface area contributed by atoms with Crippen molar-refractivity contribution >= 4 is 33.2 Å². The molecule has 0 aliphatic heterocycles. The van der Waals surface area contributed by atoms with E-state index in [0.717, 1.165) is 4.47 Å². The van der Waals surface area contributed by atoms with Gasteiger partial charge in [-0.15, -0.1) is 11.6 Å². The van der Waals surface area contributed by atoms with E-state index >= 15 is 0 Å². The SMILES string of the molecule is CN(c1ccc(CCl)cc1Br)C1CCCCCC1. The van der Waals surface area contributed by atoms with Crippen LogP contribution in [0.4, 0.5) is 5.69 Å².